The zero-order chi connectivity index (χ0) is 35.0. The number of carbonyl (C=O) groups excluding carboxylic acids is 1. The lowest BCUT2D eigenvalue weighted by atomic mass is 9.80. The van der Waals surface area contributed by atoms with Crippen LogP contribution < -0.4 is 4.90 Å². The Hall–Kier alpha value is -3.88. The highest BCUT2D eigenvalue weighted by molar-refractivity contribution is 5.72. The molecular formula is C33H39F6N5O4. The number of carbonyl (C=O) groups is 1. The number of aryl methyl sites for hydroxylation is 2. The van der Waals surface area contributed by atoms with Crippen LogP contribution in [0.25, 0.3) is 11.3 Å². The van der Waals surface area contributed by atoms with Crippen molar-refractivity contribution in [1.82, 2.24) is 20.0 Å². The van der Waals surface area contributed by atoms with Gasteiger partial charge >= 0.3 is 18.4 Å². The minimum atomic E-state index is -5.05. The standard InChI is InChI=1S/C33H39F6N5O4/c1-5-43(16-22-8-6-21(7-9-22)10-11-45)30-27(41-26(15-40-30)28-18(2)42-48-20(28)4)17-44-19(3)29(47-31(44)46)23-12-24(32(34,35)36)14-25(13-23)33(37,38)39/h12-15,19,21-22,29,45H,5-11,16-17H2,1-4H3/t19-,21?,22?,29-/m0/s1. The molecule has 48 heavy (non-hydrogen) atoms. The predicted octanol–water partition coefficient (Wildman–Crippen LogP) is 7.88. The molecule has 1 aliphatic carbocycles. The zero-order valence-corrected chi connectivity index (χ0v) is 27.2. The molecule has 3 aromatic rings. The maximum atomic E-state index is 13.6. The van der Waals surface area contributed by atoms with E-state index in [1.807, 2.05) is 6.92 Å². The summed E-state index contributed by atoms with van der Waals surface area (Å²) in [6, 6.07) is 0.273. The van der Waals surface area contributed by atoms with Crippen molar-refractivity contribution in [2.24, 2.45) is 11.8 Å². The molecule has 2 aromatic heterocycles. The van der Waals surface area contributed by atoms with E-state index >= 15 is 0 Å². The second-order valence-electron chi connectivity index (χ2n) is 12.7. The van der Waals surface area contributed by atoms with Crippen molar-refractivity contribution in [2.75, 3.05) is 24.6 Å². The average molecular weight is 684 g/mol. The van der Waals surface area contributed by atoms with Crippen molar-refractivity contribution < 1.29 is 45.5 Å². The molecule has 0 unspecified atom stereocenters. The summed E-state index contributed by atoms with van der Waals surface area (Å²) in [5.41, 5.74) is -1.37. The number of halogens is 6. The minimum Gasteiger partial charge on any atom is -0.439 e. The Kier molecular flexibility index (Phi) is 10.3. The first-order valence-electron chi connectivity index (χ1n) is 16.0. The predicted molar refractivity (Wildman–Crippen MR) is 163 cm³/mol. The highest BCUT2D eigenvalue weighted by Gasteiger charge is 2.44. The Morgan fingerprint density at radius 2 is 1.62 bits per heavy atom. The van der Waals surface area contributed by atoms with E-state index in [1.165, 1.54) is 11.8 Å². The topological polar surface area (TPSA) is 105 Å². The molecule has 0 bridgehead atoms. The molecule has 2 atom stereocenters. The van der Waals surface area contributed by atoms with Gasteiger partial charge in [-0.15, -0.1) is 0 Å². The van der Waals surface area contributed by atoms with Crippen molar-refractivity contribution in [1.29, 1.82) is 0 Å². The van der Waals surface area contributed by atoms with Gasteiger partial charge in [0, 0.05) is 19.7 Å². The van der Waals surface area contributed by atoms with E-state index in [-0.39, 0.29) is 19.2 Å². The summed E-state index contributed by atoms with van der Waals surface area (Å²) in [5, 5.41) is 13.3. The molecular weight excluding hydrogens is 644 g/mol. The van der Waals surface area contributed by atoms with E-state index in [0.29, 0.717) is 71.3 Å². The van der Waals surface area contributed by atoms with Crippen LogP contribution >= 0.6 is 0 Å². The lowest BCUT2D eigenvalue weighted by Gasteiger charge is -2.33. The first-order chi connectivity index (χ1) is 22.6. The summed E-state index contributed by atoms with van der Waals surface area (Å²) in [7, 11) is 0. The third-order valence-electron chi connectivity index (χ3n) is 9.43. The Bertz CT molecular complexity index is 1550. The zero-order valence-electron chi connectivity index (χ0n) is 27.2. The fourth-order valence-electron chi connectivity index (χ4n) is 6.79. The average Bonchev–Trinajstić information content (AvgIpc) is 3.52. The number of ether oxygens (including phenoxy) is 1. The number of anilines is 1. The van der Waals surface area contributed by atoms with Crippen LogP contribution in [0.2, 0.25) is 0 Å². The molecule has 5 rings (SSSR count). The van der Waals surface area contributed by atoms with Crippen molar-refractivity contribution in [2.45, 2.75) is 90.8 Å². The minimum absolute atomic E-state index is 0.0449. The van der Waals surface area contributed by atoms with Gasteiger partial charge in [-0.25, -0.2) is 14.8 Å². The third-order valence-corrected chi connectivity index (χ3v) is 9.43. The number of benzene rings is 1. The summed E-state index contributed by atoms with van der Waals surface area (Å²) < 4.78 is 92.5. The number of rotatable bonds is 10. The second-order valence-corrected chi connectivity index (χ2v) is 12.7. The van der Waals surface area contributed by atoms with E-state index in [0.717, 1.165) is 32.1 Å². The van der Waals surface area contributed by atoms with E-state index < -0.39 is 47.3 Å². The maximum Gasteiger partial charge on any atom is 0.416 e. The van der Waals surface area contributed by atoms with Crippen LogP contribution in [-0.4, -0.2) is 57.0 Å². The van der Waals surface area contributed by atoms with Crippen molar-refractivity contribution in [3.8, 4) is 11.3 Å². The van der Waals surface area contributed by atoms with Crippen molar-refractivity contribution in [3.63, 3.8) is 0 Å². The van der Waals surface area contributed by atoms with Crippen LogP contribution in [0, 0.1) is 25.7 Å². The Labute approximate surface area is 274 Å². The summed E-state index contributed by atoms with van der Waals surface area (Å²) in [5.74, 6) is 1.87. The molecule has 9 nitrogen and oxygen atoms in total. The summed E-state index contributed by atoms with van der Waals surface area (Å²) in [6.07, 6.45) is -6.04. The molecule has 1 saturated heterocycles. The molecule has 1 N–H and O–H groups in total. The van der Waals surface area contributed by atoms with Crippen molar-refractivity contribution >= 4 is 11.9 Å². The largest absolute Gasteiger partial charge is 0.439 e. The fraction of sp³-hybridized carbons (Fsp3) is 0.576. The molecule has 0 radical (unpaired) electrons. The monoisotopic (exact) mass is 683 g/mol. The lowest BCUT2D eigenvalue weighted by molar-refractivity contribution is -0.143. The summed E-state index contributed by atoms with van der Waals surface area (Å²) in [4.78, 5) is 26.2. The quantitative estimate of drug-likeness (QED) is 0.215. The van der Waals surface area contributed by atoms with Gasteiger partial charge in [0.2, 0.25) is 0 Å². The molecule has 1 amide bonds. The van der Waals surface area contributed by atoms with Crippen LogP contribution in [-0.2, 0) is 23.6 Å². The number of aliphatic hydroxyl groups excluding tert-OH is 1. The van der Waals surface area contributed by atoms with Gasteiger partial charge in [-0.2, -0.15) is 26.3 Å². The number of aliphatic hydroxyl groups is 1. The van der Waals surface area contributed by atoms with Crippen LogP contribution in [0.1, 0.15) is 85.9 Å². The Morgan fingerprint density at radius 3 is 2.17 bits per heavy atom. The van der Waals surface area contributed by atoms with Gasteiger partial charge in [0.1, 0.15) is 17.6 Å². The SMILES string of the molecule is CCN(CC1CCC(CCO)CC1)c1ncc(-c2c(C)noc2C)nc1CN1C(=O)O[C@H](c2cc(C(F)(F)F)cc(C(F)(F)F)c2)[C@@H]1C. The van der Waals surface area contributed by atoms with E-state index in [2.05, 4.69) is 10.1 Å². The fourth-order valence-corrected chi connectivity index (χ4v) is 6.79. The number of aromatic nitrogens is 3. The molecule has 1 saturated carbocycles. The molecule has 0 spiro atoms. The summed E-state index contributed by atoms with van der Waals surface area (Å²) >= 11 is 0. The molecule has 2 aliphatic rings. The normalized spacial score (nSPS) is 21.9. The smallest absolute Gasteiger partial charge is 0.416 e. The summed E-state index contributed by atoms with van der Waals surface area (Å²) in [6.45, 7) is 8.20. The first-order valence-corrected chi connectivity index (χ1v) is 16.0. The lowest BCUT2D eigenvalue weighted by Crippen LogP contribution is -2.36. The first kappa shape index (κ1) is 35.4. The number of hydrogen-bond acceptors (Lipinski definition) is 8. The second kappa shape index (κ2) is 13.9. The number of nitrogens with zero attached hydrogens (tertiary/aromatic N) is 5. The van der Waals surface area contributed by atoms with Gasteiger partial charge < -0.3 is 19.3 Å². The molecule has 3 heterocycles. The van der Waals surface area contributed by atoms with Gasteiger partial charge in [0.25, 0.3) is 0 Å². The van der Waals surface area contributed by atoms with Gasteiger partial charge in [0.15, 0.2) is 5.82 Å². The molecule has 1 aliphatic heterocycles. The van der Waals surface area contributed by atoms with Gasteiger partial charge in [-0.05, 0) is 82.6 Å². The maximum absolute atomic E-state index is 13.6. The number of cyclic esters (lactones) is 1. The Balaban J connectivity index is 1.48. The number of alkyl halides is 6. The van der Waals surface area contributed by atoms with Gasteiger partial charge in [-0.3, -0.25) is 4.90 Å². The molecule has 15 heteroatoms. The molecule has 262 valence electrons. The van der Waals surface area contributed by atoms with Gasteiger partial charge in [-0.1, -0.05) is 18.0 Å². The number of hydrogen-bond donors (Lipinski definition) is 1. The highest BCUT2D eigenvalue weighted by atomic mass is 19.4. The Morgan fingerprint density at radius 1 is 1.00 bits per heavy atom. The molecule has 2 fully saturated rings. The highest BCUT2D eigenvalue weighted by Crippen LogP contribution is 2.42. The van der Waals surface area contributed by atoms with Crippen LogP contribution in [0.4, 0.5) is 37.0 Å². The van der Waals surface area contributed by atoms with E-state index in [9.17, 15) is 36.2 Å². The molecule has 1 aromatic carbocycles. The third kappa shape index (κ3) is 7.55. The van der Waals surface area contributed by atoms with Crippen LogP contribution in [0.15, 0.2) is 28.9 Å². The number of amides is 1. The van der Waals surface area contributed by atoms with Gasteiger partial charge in [0.05, 0.1) is 46.9 Å². The van der Waals surface area contributed by atoms with Crippen LogP contribution in [0.3, 0.4) is 0 Å². The van der Waals surface area contributed by atoms with Crippen molar-refractivity contribution in [3.05, 3.63) is 58.2 Å². The van der Waals surface area contributed by atoms with E-state index in [4.69, 9.17) is 19.2 Å². The van der Waals surface area contributed by atoms with Crippen LogP contribution in [0.5, 0.6) is 0 Å². The van der Waals surface area contributed by atoms with E-state index in [1.54, 1.807) is 20.0 Å².